The van der Waals surface area contributed by atoms with Crippen LogP contribution in [0.5, 0.6) is 5.75 Å². The van der Waals surface area contributed by atoms with Crippen LogP contribution in [0, 0.1) is 10.1 Å². The molecule has 4 rings (SSSR count). The first-order chi connectivity index (χ1) is 16.5. The molecule has 0 saturated heterocycles. The number of hydrogen-bond acceptors (Lipinski definition) is 8. The Labute approximate surface area is 203 Å². The standard InChI is InChI=1S/C23H21N5O4S2/c1-15(24-22(29)20-7-4-12-33-20)21-25-26-23(34-14-16-5-3-6-19(13-16)32-2)27(21)17-8-10-18(11-9-17)28(30)31/h3-13,15H,14H2,1-2H3,(H,24,29). The summed E-state index contributed by atoms with van der Waals surface area (Å²) < 4.78 is 7.11. The molecule has 9 nitrogen and oxygen atoms in total. The van der Waals surface area contributed by atoms with Crippen molar-refractivity contribution in [2.24, 2.45) is 0 Å². The van der Waals surface area contributed by atoms with Crippen LogP contribution in [0.15, 0.2) is 71.2 Å². The number of thioether (sulfide) groups is 1. The molecule has 11 heteroatoms. The molecule has 4 aromatic rings. The molecule has 0 saturated carbocycles. The minimum Gasteiger partial charge on any atom is -0.497 e. The minimum absolute atomic E-state index is 0.0111. The molecule has 1 N–H and O–H groups in total. The minimum atomic E-state index is -0.455. The van der Waals surface area contributed by atoms with Gasteiger partial charge in [0.1, 0.15) is 5.75 Å². The van der Waals surface area contributed by atoms with Crippen molar-refractivity contribution in [3.05, 3.63) is 92.4 Å². The zero-order chi connectivity index (χ0) is 24.1. The fraction of sp³-hybridized carbons (Fsp3) is 0.174. The van der Waals surface area contributed by atoms with E-state index >= 15 is 0 Å². The molecule has 0 radical (unpaired) electrons. The number of benzene rings is 2. The Morgan fingerprint density at radius 2 is 2.00 bits per heavy atom. The summed E-state index contributed by atoms with van der Waals surface area (Å²) in [6, 6.07) is 17.0. The van der Waals surface area contributed by atoms with E-state index in [9.17, 15) is 14.9 Å². The number of nitrogens with one attached hydrogen (secondary N) is 1. The van der Waals surface area contributed by atoms with Gasteiger partial charge in [-0.1, -0.05) is 30.0 Å². The van der Waals surface area contributed by atoms with E-state index in [-0.39, 0.29) is 11.6 Å². The van der Waals surface area contributed by atoms with Gasteiger partial charge in [0, 0.05) is 23.6 Å². The lowest BCUT2D eigenvalue weighted by Crippen LogP contribution is -2.28. The number of carbonyl (C=O) groups is 1. The number of nitro groups is 1. The third-order valence-electron chi connectivity index (χ3n) is 4.96. The summed E-state index contributed by atoms with van der Waals surface area (Å²) in [5.41, 5.74) is 1.70. The third-order valence-corrected chi connectivity index (χ3v) is 6.83. The molecule has 174 valence electrons. The zero-order valence-corrected chi connectivity index (χ0v) is 20.0. The molecule has 1 unspecified atom stereocenters. The number of thiophene rings is 1. The summed E-state index contributed by atoms with van der Waals surface area (Å²) >= 11 is 2.82. The predicted octanol–water partition coefficient (Wildman–Crippen LogP) is 5.03. The van der Waals surface area contributed by atoms with Crippen molar-refractivity contribution >= 4 is 34.7 Å². The van der Waals surface area contributed by atoms with Crippen molar-refractivity contribution in [1.29, 1.82) is 0 Å². The Morgan fingerprint density at radius 3 is 2.68 bits per heavy atom. The van der Waals surface area contributed by atoms with E-state index in [2.05, 4.69) is 15.5 Å². The lowest BCUT2D eigenvalue weighted by Gasteiger charge is -2.16. The predicted molar refractivity (Wildman–Crippen MR) is 131 cm³/mol. The number of hydrogen-bond donors (Lipinski definition) is 1. The molecule has 2 aromatic heterocycles. The fourth-order valence-corrected chi connectivity index (χ4v) is 4.80. The molecule has 2 aromatic carbocycles. The van der Waals surface area contributed by atoms with Crippen LogP contribution in [0.25, 0.3) is 5.69 Å². The normalized spacial score (nSPS) is 11.7. The van der Waals surface area contributed by atoms with Crippen molar-refractivity contribution in [3.8, 4) is 11.4 Å². The van der Waals surface area contributed by atoms with E-state index in [1.54, 1.807) is 25.3 Å². The van der Waals surface area contributed by atoms with Crippen LogP contribution in [0.3, 0.4) is 0 Å². The number of amides is 1. The van der Waals surface area contributed by atoms with Crippen LogP contribution in [-0.2, 0) is 5.75 Å². The first-order valence-electron chi connectivity index (χ1n) is 10.3. The SMILES string of the molecule is COc1cccc(CSc2nnc(C(C)NC(=O)c3cccs3)n2-c2ccc([N+](=O)[O-])cc2)c1. The van der Waals surface area contributed by atoms with E-state index in [0.29, 0.717) is 27.3 Å². The van der Waals surface area contributed by atoms with Gasteiger partial charge >= 0.3 is 0 Å². The number of nitro benzene ring substituents is 1. The quantitative estimate of drug-likeness (QED) is 0.197. The fourth-order valence-electron chi connectivity index (χ4n) is 3.27. The molecule has 0 spiro atoms. The van der Waals surface area contributed by atoms with Crippen molar-refractivity contribution < 1.29 is 14.5 Å². The molecule has 0 aliphatic carbocycles. The smallest absolute Gasteiger partial charge is 0.269 e. The van der Waals surface area contributed by atoms with E-state index < -0.39 is 11.0 Å². The average molecular weight is 496 g/mol. The van der Waals surface area contributed by atoms with Gasteiger partial charge in [-0.2, -0.15) is 0 Å². The molecule has 34 heavy (non-hydrogen) atoms. The lowest BCUT2D eigenvalue weighted by molar-refractivity contribution is -0.384. The Hall–Kier alpha value is -3.70. The van der Waals surface area contributed by atoms with Gasteiger partial charge in [0.25, 0.3) is 11.6 Å². The Morgan fingerprint density at radius 1 is 1.21 bits per heavy atom. The summed E-state index contributed by atoms with van der Waals surface area (Å²) in [5.74, 6) is 1.69. The summed E-state index contributed by atoms with van der Waals surface area (Å²) in [7, 11) is 1.62. The maximum Gasteiger partial charge on any atom is 0.269 e. The second kappa shape index (κ2) is 10.5. The number of rotatable bonds is 9. The highest BCUT2D eigenvalue weighted by atomic mass is 32.2. The number of nitrogens with zero attached hydrogens (tertiary/aromatic N) is 4. The van der Waals surface area contributed by atoms with Gasteiger partial charge < -0.3 is 10.1 Å². The van der Waals surface area contributed by atoms with Crippen LogP contribution >= 0.6 is 23.1 Å². The summed E-state index contributed by atoms with van der Waals surface area (Å²) in [6.45, 7) is 1.83. The van der Waals surface area contributed by atoms with E-state index in [1.165, 1.54) is 35.2 Å². The molecule has 0 aliphatic heterocycles. The number of methoxy groups -OCH3 is 1. The number of carbonyl (C=O) groups excluding carboxylic acids is 1. The second-order valence-corrected chi connectivity index (χ2v) is 9.15. The molecular weight excluding hydrogens is 474 g/mol. The van der Waals surface area contributed by atoms with Gasteiger partial charge in [0.2, 0.25) is 0 Å². The van der Waals surface area contributed by atoms with Gasteiger partial charge in [-0.05, 0) is 48.2 Å². The van der Waals surface area contributed by atoms with E-state index in [0.717, 1.165) is 11.3 Å². The van der Waals surface area contributed by atoms with Crippen molar-refractivity contribution in [2.45, 2.75) is 23.9 Å². The molecular formula is C23H21N5O4S2. The molecule has 2 heterocycles. The molecule has 0 bridgehead atoms. The summed E-state index contributed by atoms with van der Waals surface area (Å²) in [5, 5.41) is 25.2. The Balaban J connectivity index is 1.64. The molecule has 1 amide bonds. The van der Waals surface area contributed by atoms with Crippen LogP contribution in [0.2, 0.25) is 0 Å². The summed E-state index contributed by atoms with van der Waals surface area (Å²) in [4.78, 5) is 23.8. The van der Waals surface area contributed by atoms with Crippen molar-refractivity contribution in [1.82, 2.24) is 20.1 Å². The average Bonchev–Trinajstić information content (AvgIpc) is 3.53. The Kier molecular flexibility index (Phi) is 7.24. The van der Waals surface area contributed by atoms with Crippen molar-refractivity contribution in [2.75, 3.05) is 7.11 Å². The maximum atomic E-state index is 12.6. The third kappa shape index (κ3) is 5.26. The lowest BCUT2D eigenvalue weighted by atomic mass is 10.2. The van der Waals surface area contributed by atoms with Gasteiger partial charge in [-0.25, -0.2) is 0 Å². The first kappa shape index (κ1) is 23.5. The summed E-state index contributed by atoms with van der Waals surface area (Å²) in [6.07, 6.45) is 0. The molecule has 0 aliphatic rings. The van der Waals surface area contributed by atoms with Gasteiger partial charge in [-0.15, -0.1) is 21.5 Å². The van der Waals surface area contributed by atoms with Crippen molar-refractivity contribution in [3.63, 3.8) is 0 Å². The van der Waals surface area contributed by atoms with Gasteiger partial charge in [-0.3, -0.25) is 19.5 Å². The van der Waals surface area contributed by atoms with E-state index in [4.69, 9.17) is 4.74 Å². The number of non-ortho nitro benzene ring substituents is 1. The molecule has 1 atom stereocenters. The van der Waals surface area contributed by atoms with Crippen LogP contribution in [0.1, 0.15) is 34.0 Å². The maximum absolute atomic E-state index is 12.6. The van der Waals surface area contributed by atoms with Gasteiger partial charge in [0.05, 0.1) is 23.0 Å². The van der Waals surface area contributed by atoms with Crippen LogP contribution in [0.4, 0.5) is 5.69 Å². The van der Waals surface area contributed by atoms with Crippen LogP contribution in [-0.4, -0.2) is 32.7 Å². The Bertz CT molecular complexity index is 1290. The largest absolute Gasteiger partial charge is 0.497 e. The van der Waals surface area contributed by atoms with Crippen LogP contribution < -0.4 is 10.1 Å². The topological polar surface area (TPSA) is 112 Å². The second-order valence-electron chi connectivity index (χ2n) is 7.26. The first-order valence-corrected chi connectivity index (χ1v) is 12.1. The zero-order valence-electron chi connectivity index (χ0n) is 18.4. The number of ether oxygens (including phenoxy) is 1. The highest BCUT2D eigenvalue weighted by Crippen LogP contribution is 2.29. The monoisotopic (exact) mass is 495 g/mol. The molecule has 0 fully saturated rings. The van der Waals surface area contributed by atoms with E-state index in [1.807, 2.05) is 47.2 Å². The van der Waals surface area contributed by atoms with Gasteiger partial charge in [0.15, 0.2) is 11.0 Å². The highest BCUT2D eigenvalue weighted by Gasteiger charge is 2.22. The number of aromatic nitrogens is 3. The highest BCUT2D eigenvalue weighted by molar-refractivity contribution is 7.98.